The number of terminal acetylenes is 1. The van der Waals surface area contributed by atoms with E-state index in [1.54, 1.807) is 18.2 Å². The number of rotatable bonds is 3. The lowest BCUT2D eigenvalue weighted by atomic mass is 10.0. The van der Waals surface area contributed by atoms with Crippen molar-refractivity contribution in [1.82, 2.24) is 4.98 Å². The van der Waals surface area contributed by atoms with Gasteiger partial charge in [-0.05, 0) is 29.3 Å². The highest BCUT2D eigenvalue weighted by Gasteiger charge is 2.22. The van der Waals surface area contributed by atoms with Gasteiger partial charge in [0.05, 0.1) is 20.1 Å². The molecule has 3 N–H and O–H groups in total. The Morgan fingerprint density at radius 3 is 2.27 bits per heavy atom. The van der Waals surface area contributed by atoms with E-state index in [1.807, 2.05) is 0 Å². The summed E-state index contributed by atoms with van der Waals surface area (Å²) in [6.45, 7) is 0. The third-order valence-electron chi connectivity index (χ3n) is 3.64. The number of aromatic amines is 1. The largest absolute Gasteiger partial charge is 0.505 e. The molecule has 1 heterocycles. The number of carboxylic acid groups (broad SMARTS) is 1. The maximum Gasteiger partial charge on any atom is 0.352 e. The summed E-state index contributed by atoms with van der Waals surface area (Å²) in [6, 6.07) is 6.45. The van der Waals surface area contributed by atoms with Gasteiger partial charge in [0.25, 0.3) is 0 Å². The van der Waals surface area contributed by atoms with Crippen molar-refractivity contribution in [1.29, 1.82) is 0 Å². The molecule has 4 nitrogen and oxygen atoms in total. The smallest absolute Gasteiger partial charge is 0.352 e. The van der Waals surface area contributed by atoms with E-state index in [0.717, 1.165) is 5.56 Å². The van der Waals surface area contributed by atoms with Crippen LogP contribution < -0.4 is 0 Å². The minimum Gasteiger partial charge on any atom is -0.505 e. The molecule has 134 valence electrons. The number of aromatic hydroxyl groups is 1. The van der Waals surface area contributed by atoms with Crippen molar-refractivity contribution in [3.63, 3.8) is 0 Å². The zero-order valence-corrected chi connectivity index (χ0v) is 16.0. The predicted octanol–water partition coefficient (Wildman–Crippen LogP) is 6.03. The average molecular weight is 431 g/mol. The maximum atomic E-state index is 11.6. The Hall–Kier alpha value is -2.03. The number of phenolic OH excluding ortho intramolecular Hbond substituents is 1. The molecule has 0 saturated heterocycles. The van der Waals surface area contributed by atoms with Crippen LogP contribution in [0.5, 0.6) is 5.75 Å². The van der Waals surface area contributed by atoms with E-state index < -0.39 is 5.97 Å². The number of nitrogens with one attached hydrogen (secondary N) is 1. The van der Waals surface area contributed by atoms with Gasteiger partial charge in [-0.25, -0.2) is 4.79 Å². The number of benzene rings is 2. The molecule has 0 fully saturated rings. The summed E-state index contributed by atoms with van der Waals surface area (Å²) in [5.74, 6) is -1.44. The Morgan fingerprint density at radius 2 is 1.69 bits per heavy atom. The molecule has 1 aromatic heterocycles. The minimum atomic E-state index is -1.15. The van der Waals surface area contributed by atoms with Crippen LogP contribution in [0.2, 0.25) is 20.1 Å². The number of hydrogen-bond donors (Lipinski definition) is 3. The normalized spacial score (nSPS) is 10.4. The fraction of sp³-hybridized carbons (Fsp3) is 0.0556. The number of aromatic carboxylic acids is 1. The van der Waals surface area contributed by atoms with E-state index in [4.69, 9.17) is 46.4 Å². The van der Waals surface area contributed by atoms with Gasteiger partial charge in [0, 0.05) is 17.3 Å². The Morgan fingerprint density at radius 1 is 1.04 bits per heavy atom. The Bertz CT molecular complexity index is 1020. The molecule has 26 heavy (non-hydrogen) atoms. The molecule has 0 atom stereocenters. The lowest BCUT2D eigenvalue weighted by Gasteiger charge is -2.07. The second-order valence-corrected chi connectivity index (χ2v) is 6.75. The van der Waals surface area contributed by atoms with Gasteiger partial charge in [-0.3, -0.25) is 0 Å². The molecule has 0 bridgehead atoms. The molecular weight excluding hydrogens is 420 g/mol. The second-order valence-electron chi connectivity index (χ2n) is 5.15. The fourth-order valence-electron chi connectivity index (χ4n) is 2.55. The molecular formula is C18H11Cl4NO3. The summed E-state index contributed by atoms with van der Waals surface area (Å²) < 4.78 is 0. The molecule has 0 amide bonds. The number of carbonyl (C=O) groups is 1. The van der Waals surface area contributed by atoms with Crippen LogP contribution in [0, 0.1) is 12.8 Å². The van der Waals surface area contributed by atoms with Gasteiger partial charge < -0.3 is 15.2 Å². The molecule has 0 spiro atoms. The van der Waals surface area contributed by atoms with Crippen LogP contribution >= 0.6 is 46.4 Å². The number of halogens is 4. The van der Waals surface area contributed by atoms with E-state index in [-0.39, 0.29) is 27.9 Å². The first kappa shape index (κ1) is 20.3. The molecule has 0 aliphatic heterocycles. The highest BCUT2D eigenvalue weighted by molar-refractivity contribution is 6.42. The van der Waals surface area contributed by atoms with Gasteiger partial charge in [0.1, 0.15) is 5.69 Å². The Kier molecular flexibility index (Phi) is 6.33. The van der Waals surface area contributed by atoms with E-state index in [0.29, 0.717) is 26.5 Å². The summed E-state index contributed by atoms with van der Waals surface area (Å²) in [5.41, 5.74) is 1.57. The van der Waals surface area contributed by atoms with Gasteiger partial charge in [-0.1, -0.05) is 52.5 Å². The quantitative estimate of drug-likeness (QED) is 0.444. The summed E-state index contributed by atoms with van der Waals surface area (Å²) >= 11 is 24.0. The highest BCUT2D eigenvalue weighted by atomic mass is 35.5. The molecule has 0 unspecified atom stereocenters. The molecule has 0 aliphatic rings. The number of aromatic nitrogens is 1. The van der Waals surface area contributed by atoms with Gasteiger partial charge >= 0.3 is 5.97 Å². The number of carboxylic acids is 1. The minimum absolute atomic E-state index is 0.00342. The summed E-state index contributed by atoms with van der Waals surface area (Å²) in [6.07, 6.45) is 8.24. The Balaban J connectivity index is 0.00000117. The lowest BCUT2D eigenvalue weighted by molar-refractivity contribution is 0.0690. The van der Waals surface area contributed by atoms with Crippen molar-refractivity contribution in [3.05, 3.63) is 61.2 Å². The summed E-state index contributed by atoms with van der Waals surface area (Å²) in [4.78, 5) is 14.3. The van der Waals surface area contributed by atoms with Crippen molar-refractivity contribution in [2.75, 3.05) is 0 Å². The van der Waals surface area contributed by atoms with Crippen molar-refractivity contribution in [3.8, 4) is 18.6 Å². The topological polar surface area (TPSA) is 73.3 Å². The van der Waals surface area contributed by atoms with Gasteiger partial charge in [0.2, 0.25) is 0 Å². The molecule has 8 heteroatoms. The van der Waals surface area contributed by atoms with E-state index in [2.05, 4.69) is 17.8 Å². The van der Waals surface area contributed by atoms with Crippen molar-refractivity contribution < 1.29 is 15.0 Å². The van der Waals surface area contributed by atoms with Gasteiger partial charge in [0.15, 0.2) is 5.75 Å². The van der Waals surface area contributed by atoms with Crippen molar-refractivity contribution >= 4 is 63.3 Å². The van der Waals surface area contributed by atoms with Crippen molar-refractivity contribution in [2.24, 2.45) is 0 Å². The number of hydrogen-bond acceptors (Lipinski definition) is 2. The van der Waals surface area contributed by atoms with Crippen LogP contribution in [-0.2, 0) is 6.42 Å². The lowest BCUT2D eigenvalue weighted by Crippen LogP contribution is -2.02. The fourth-order valence-corrected chi connectivity index (χ4v) is 3.44. The van der Waals surface area contributed by atoms with E-state index in [9.17, 15) is 15.0 Å². The SMILES string of the molecule is C#C.O=C(O)c1[nH]c2cc(Cl)c(O)c(Cl)c2c1Cc1ccc(Cl)c(Cl)c1. The number of H-pyrrole nitrogens is 1. The van der Waals surface area contributed by atoms with Gasteiger partial charge in [-0.15, -0.1) is 12.8 Å². The maximum absolute atomic E-state index is 11.6. The first-order valence-corrected chi connectivity index (χ1v) is 8.52. The average Bonchev–Trinajstić information content (AvgIpc) is 2.96. The number of phenols is 1. The second kappa shape index (κ2) is 8.11. The third kappa shape index (κ3) is 3.72. The van der Waals surface area contributed by atoms with Crippen LogP contribution in [0.15, 0.2) is 24.3 Å². The van der Waals surface area contributed by atoms with Gasteiger partial charge in [-0.2, -0.15) is 0 Å². The first-order chi connectivity index (χ1) is 12.3. The summed E-state index contributed by atoms with van der Waals surface area (Å²) in [5, 5.41) is 20.6. The van der Waals surface area contributed by atoms with Crippen LogP contribution in [0.3, 0.4) is 0 Å². The summed E-state index contributed by atoms with van der Waals surface area (Å²) in [7, 11) is 0. The van der Waals surface area contributed by atoms with E-state index in [1.165, 1.54) is 6.07 Å². The molecule has 0 saturated carbocycles. The zero-order chi connectivity index (χ0) is 19.6. The zero-order valence-electron chi connectivity index (χ0n) is 13.0. The first-order valence-electron chi connectivity index (χ1n) is 7.01. The molecule has 0 radical (unpaired) electrons. The third-order valence-corrected chi connectivity index (χ3v) is 5.03. The molecule has 0 aliphatic carbocycles. The van der Waals surface area contributed by atoms with Crippen LogP contribution in [0.4, 0.5) is 0 Å². The van der Waals surface area contributed by atoms with Crippen LogP contribution in [-0.4, -0.2) is 21.2 Å². The van der Waals surface area contributed by atoms with Crippen LogP contribution in [0.1, 0.15) is 21.6 Å². The van der Waals surface area contributed by atoms with E-state index >= 15 is 0 Å². The predicted molar refractivity (Wildman–Crippen MR) is 106 cm³/mol. The molecule has 3 rings (SSSR count). The van der Waals surface area contributed by atoms with Crippen molar-refractivity contribution in [2.45, 2.75) is 6.42 Å². The standard InChI is InChI=1S/C16H9Cl4NO3.C2H2/c17-8-2-1-6(4-9(8)18)3-7-12-11(21-14(7)16(23)24)5-10(19)15(22)13(12)20;1-2/h1-2,4-5,21-22H,3H2,(H,23,24);1-2H. The molecule has 2 aromatic carbocycles. The number of fused-ring (bicyclic) bond motifs is 1. The monoisotopic (exact) mass is 429 g/mol. The highest BCUT2D eigenvalue weighted by Crippen LogP contribution is 2.41. The Labute approximate surface area is 169 Å². The van der Waals surface area contributed by atoms with Crippen LogP contribution in [0.25, 0.3) is 10.9 Å². The molecule has 3 aromatic rings.